The van der Waals surface area contributed by atoms with Gasteiger partial charge in [0.25, 0.3) is 0 Å². The molecule has 0 amide bonds. The molecule has 0 saturated carbocycles. The molecular weight excluding hydrogens is 309 g/mol. The lowest BCUT2D eigenvalue weighted by atomic mass is 10.2. The van der Waals surface area contributed by atoms with E-state index in [1.807, 2.05) is 12.1 Å². The number of halogens is 3. The molecule has 0 aliphatic carbocycles. The second kappa shape index (κ2) is 6.85. The molecule has 6 heteroatoms. The van der Waals surface area contributed by atoms with Gasteiger partial charge in [0.05, 0.1) is 12.8 Å². The first-order valence-corrected chi connectivity index (χ1v) is 6.37. The van der Waals surface area contributed by atoms with Crippen LogP contribution in [0.4, 0.5) is 0 Å². The number of ether oxygens (including phenoxy) is 1. The normalized spacial score (nSPS) is 12.7. The van der Waals surface area contributed by atoms with Crippen LogP contribution in [0.15, 0.2) is 42.1 Å². The van der Waals surface area contributed by atoms with Gasteiger partial charge in [-0.15, -0.1) is 0 Å². The van der Waals surface area contributed by atoms with E-state index in [1.165, 1.54) is 6.08 Å². The minimum absolute atomic E-state index is 0.123. The van der Waals surface area contributed by atoms with Crippen molar-refractivity contribution in [3.05, 3.63) is 47.7 Å². The standard InChI is InChI=1S/C13H12Cl3NO2/c1-19-11-6-3-9(4-7-11)2-5-10(18)8-12(17)13(14,15)16/h2-8H,17H2,1H3. The number of allylic oxidation sites excluding steroid dienone is 3. The molecule has 1 aromatic carbocycles. The fourth-order valence-corrected chi connectivity index (χ4v) is 1.34. The molecule has 0 unspecified atom stereocenters. The third kappa shape index (κ3) is 5.55. The van der Waals surface area contributed by atoms with Crippen LogP contribution in [-0.2, 0) is 4.79 Å². The Kier molecular flexibility index (Phi) is 5.73. The van der Waals surface area contributed by atoms with Crippen LogP contribution in [0, 0.1) is 0 Å². The van der Waals surface area contributed by atoms with Crippen LogP contribution < -0.4 is 10.5 Å². The van der Waals surface area contributed by atoms with Gasteiger partial charge in [0.15, 0.2) is 5.78 Å². The lowest BCUT2D eigenvalue weighted by molar-refractivity contribution is -0.110. The summed E-state index contributed by atoms with van der Waals surface area (Å²) in [5.41, 5.74) is 6.17. The van der Waals surface area contributed by atoms with Crippen molar-refractivity contribution in [2.45, 2.75) is 3.79 Å². The summed E-state index contributed by atoms with van der Waals surface area (Å²) in [4.78, 5) is 11.6. The minimum Gasteiger partial charge on any atom is -0.497 e. The fourth-order valence-electron chi connectivity index (χ4n) is 1.18. The molecule has 0 aliphatic rings. The monoisotopic (exact) mass is 319 g/mol. The number of hydrogen-bond acceptors (Lipinski definition) is 3. The first-order valence-electron chi connectivity index (χ1n) is 5.23. The molecule has 0 saturated heterocycles. The second-order valence-electron chi connectivity index (χ2n) is 3.61. The Morgan fingerprint density at radius 3 is 2.32 bits per heavy atom. The molecule has 0 atom stereocenters. The van der Waals surface area contributed by atoms with Gasteiger partial charge >= 0.3 is 0 Å². The smallest absolute Gasteiger partial charge is 0.230 e. The number of alkyl halides is 3. The zero-order chi connectivity index (χ0) is 14.5. The van der Waals surface area contributed by atoms with Gasteiger partial charge in [0.1, 0.15) is 5.75 Å². The van der Waals surface area contributed by atoms with Gasteiger partial charge in [0.2, 0.25) is 3.79 Å². The van der Waals surface area contributed by atoms with Crippen molar-refractivity contribution in [1.82, 2.24) is 0 Å². The van der Waals surface area contributed by atoms with E-state index in [0.29, 0.717) is 0 Å². The number of rotatable bonds is 4. The molecule has 1 rings (SSSR count). The van der Waals surface area contributed by atoms with Crippen LogP contribution in [0.2, 0.25) is 0 Å². The maximum atomic E-state index is 11.6. The zero-order valence-corrected chi connectivity index (χ0v) is 12.3. The number of hydrogen-bond donors (Lipinski definition) is 1. The Morgan fingerprint density at radius 1 is 1.26 bits per heavy atom. The molecule has 2 N–H and O–H groups in total. The van der Waals surface area contributed by atoms with Crippen molar-refractivity contribution in [3.8, 4) is 5.75 Å². The molecule has 0 aromatic heterocycles. The van der Waals surface area contributed by atoms with E-state index in [0.717, 1.165) is 17.4 Å². The van der Waals surface area contributed by atoms with Crippen LogP contribution in [0.3, 0.4) is 0 Å². The van der Waals surface area contributed by atoms with Gasteiger partial charge in [0, 0.05) is 6.08 Å². The maximum Gasteiger partial charge on any atom is 0.230 e. The topological polar surface area (TPSA) is 52.3 Å². The average Bonchev–Trinajstić information content (AvgIpc) is 2.35. The van der Waals surface area contributed by atoms with E-state index in [2.05, 4.69) is 0 Å². The van der Waals surface area contributed by atoms with Gasteiger partial charge in [-0.1, -0.05) is 53.0 Å². The summed E-state index contributed by atoms with van der Waals surface area (Å²) in [7, 11) is 1.58. The third-order valence-electron chi connectivity index (χ3n) is 2.18. The van der Waals surface area contributed by atoms with E-state index in [1.54, 1.807) is 25.3 Å². The Morgan fingerprint density at radius 2 is 1.84 bits per heavy atom. The van der Waals surface area contributed by atoms with E-state index in [4.69, 9.17) is 45.3 Å². The summed E-state index contributed by atoms with van der Waals surface area (Å²) in [5.74, 6) is 0.378. The average molecular weight is 321 g/mol. The van der Waals surface area contributed by atoms with Gasteiger partial charge in [-0.25, -0.2) is 0 Å². The van der Waals surface area contributed by atoms with E-state index >= 15 is 0 Å². The number of benzene rings is 1. The van der Waals surface area contributed by atoms with Crippen molar-refractivity contribution in [3.63, 3.8) is 0 Å². The molecule has 0 heterocycles. The lowest BCUT2D eigenvalue weighted by Crippen LogP contribution is -2.16. The summed E-state index contributed by atoms with van der Waals surface area (Å²) in [6, 6.07) is 7.20. The van der Waals surface area contributed by atoms with Gasteiger partial charge in [-0.3, -0.25) is 4.79 Å². The Balaban J connectivity index is 2.73. The van der Waals surface area contributed by atoms with Crippen LogP contribution >= 0.6 is 34.8 Å². The molecule has 0 fully saturated rings. The lowest BCUT2D eigenvalue weighted by Gasteiger charge is -2.09. The molecule has 19 heavy (non-hydrogen) atoms. The molecule has 102 valence electrons. The summed E-state index contributed by atoms with van der Waals surface area (Å²) >= 11 is 16.6. The molecule has 1 aromatic rings. The fraction of sp³-hybridized carbons (Fsp3) is 0.154. The first-order chi connectivity index (χ1) is 8.82. The molecule has 0 spiro atoms. The number of carbonyl (C=O) groups is 1. The predicted molar refractivity (Wildman–Crippen MR) is 79.6 cm³/mol. The van der Waals surface area contributed by atoms with Gasteiger partial charge in [-0.2, -0.15) is 0 Å². The molecular formula is C13H12Cl3NO2. The number of methoxy groups -OCH3 is 1. The molecule has 0 aliphatic heterocycles. The number of ketones is 1. The Labute approximate surface area is 126 Å². The molecule has 0 bridgehead atoms. The first kappa shape index (κ1) is 15.9. The van der Waals surface area contributed by atoms with Crippen molar-refractivity contribution in [2.24, 2.45) is 5.73 Å². The summed E-state index contributed by atoms with van der Waals surface area (Å²) in [5, 5.41) is 0. The van der Waals surface area contributed by atoms with Gasteiger partial charge < -0.3 is 10.5 Å². The molecule has 0 radical (unpaired) electrons. The van der Waals surface area contributed by atoms with Crippen LogP contribution in [0.1, 0.15) is 5.56 Å². The predicted octanol–water partition coefficient (Wildman–Crippen LogP) is 3.49. The Hall–Kier alpha value is -1.16. The largest absolute Gasteiger partial charge is 0.497 e. The van der Waals surface area contributed by atoms with Gasteiger partial charge in [-0.05, 0) is 23.8 Å². The van der Waals surface area contributed by atoms with E-state index in [9.17, 15) is 4.79 Å². The maximum absolute atomic E-state index is 11.6. The van der Waals surface area contributed by atoms with E-state index < -0.39 is 3.79 Å². The highest BCUT2D eigenvalue weighted by molar-refractivity contribution is 6.69. The second-order valence-corrected chi connectivity index (χ2v) is 5.89. The van der Waals surface area contributed by atoms with Crippen LogP contribution in [0.25, 0.3) is 6.08 Å². The summed E-state index contributed by atoms with van der Waals surface area (Å²) in [6.07, 6.45) is 4.04. The SMILES string of the molecule is COc1ccc(C=CC(=O)C=C(N)C(Cl)(Cl)Cl)cc1. The highest BCUT2D eigenvalue weighted by Gasteiger charge is 2.23. The third-order valence-corrected chi connectivity index (χ3v) is 2.84. The minimum atomic E-state index is -1.77. The van der Waals surface area contributed by atoms with Crippen molar-refractivity contribution in [1.29, 1.82) is 0 Å². The van der Waals surface area contributed by atoms with Crippen molar-refractivity contribution >= 4 is 46.7 Å². The Bertz CT molecular complexity index is 502. The number of nitrogens with two attached hydrogens (primary N) is 1. The van der Waals surface area contributed by atoms with Crippen molar-refractivity contribution in [2.75, 3.05) is 7.11 Å². The number of carbonyl (C=O) groups excluding carboxylic acids is 1. The van der Waals surface area contributed by atoms with E-state index in [-0.39, 0.29) is 11.5 Å². The summed E-state index contributed by atoms with van der Waals surface area (Å²) < 4.78 is 3.25. The van der Waals surface area contributed by atoms with Crippen LogP contribution in [0.5, 0.6) is 5.75 Å². The zero-order valence-electron chi connectivity index (χ0n) is 10.1. The molecule has 3 nitrogen and oxygen atoms in total. The van der Waals surface area contributed by atoms with Crippen LogP contribution in [-0.4, -0.2) is 16.7 Å². The quantitative estimate of drug-likeness (QED) is 0.682. The highest BCUT2D eigenvalue weighted by atomic mass is 35.6. The highest BCUT2D eigenvalue weighted by Crippen LogP contribution is 2.31. The summed E-state index contributed by atoms with van der Waals surface area (Å²) in [6.45, 7) is 0. The van der Waals surface area contributed by atoms with Crippen molar-refractivity contribution < 1.29 is 9.53 Å².